The molecule has 0 aliphatic carbocycles. The molecule has 1 heterocycles. The molecule has 1 atom stereocenters. The minimum atomic E-state index is -0.680. The zero-order chi connectivity index (χ0) is 17.8. The minimum absolute atomic E-state index is 0.0977. The Balaban J connectivity index is 1.59. The van der Waals surface area contributed by atoms with Crippen LogP contribution < -0.4 is 5.73 Å². The van der Waals surface area contributed by atoms with Gasteiger partial charge in [0.25, 0.3) is 5.91 Å². The van der Waals surface area contributed by atoms with Gasteiger partial charge in [-0.25, -0.2) is 0 Å². The Labute approximate surface area is 146 Å². The first-order valence-corrected chi connectivity index (χ1v) is 8.24. The monoisotopic (exact) mass is 339 g/mol. The highest BCUT2D eigenvalue weighted by Gasteiger charge is 2.28. The summed E-state index contributed by atoms with van der Waals surface area (Å²) in [5.41, 5.74) is 7.39. The van der Waals surface area contributed by atoms with E-state index in [-0.39, 0.29) is 17.6 Å². The second kappa shape index (κ2) is 7.36. The van der Waals surface area contributed by atoms with Crippen molar-refractivity contribution >= 4 is 11.8 Å². The smallest absolute Gasteiger partial charge is 0.253 e. The molecule has 3 rings (SSSR count). The van der Waals surface area contributed by atoms with Crippen LogP contribution in [0.25, 0.3) is 0 Å². The quantitative estimate of drug-likeness (QED) is 0.884. The SMILES string of the molecule is NC(C(=O)N1CCN(C(=O)c2ccc(O)cc2)CC1)c1ccccc1. The third kappa shape index (κ3) is 3.80. The maximum Gasteiger partial charge on any atom is 0.253 e. The molecule has 0 saturated carbocycles. The topological polar surface area (TPSA) is 86.9 Å². The fourth-order valence-corrected chi connectivity index (χ4v) is 2.92. The first-order chi connectivity index (χ1) is 12.1. The molecule has 0 bridgehead atoms. The second-order valence-corrected chi connectivity index (χ2v) is 6.05. The summed E-state index contributed by atoms with van der Waals surface area (Å²) in [6.07, 6.45) is 0. The van der Waals surface area contributed by atoms with Crippen LogP contribution in [0.2, 0.25) is 0 Å². The molecule has 6 nitrogen and oxygen atoms in total. The summed E-state index contributed by atoms with van der Waals surface area (Å²) in [4.78, 5) is 28.4. The van der Waals surface area contributed by atoms with Crippen LogP contribution in [0.15, 0.2) is 54.6 Å². The molecule has 6 heteroatoms. The van der Waals surface area contributed by atoms with Crippen LogP contribution in [0.4, 0.5) is 0 Å². The van der Waals surface area contributed by atoms with Crippen molar-refractivity contribution in [2.75, 3.05) is 26.2 Å². The van der Waals surface area contributed by atoms with Crippen LogP contribution in [0, 0.1) is 0 Å². The van der Waals surface area contributed by atoms with Gasteiger partial charge in [-0.05, 0) is 29.8 Å². The lowest BCUT2D eigenvalue weighted by Crippen LogP contribution is -2.52. The van der Waals surface area contributed by atoms with E-state index in [4.69, 9.17) is 5.73 Å². The molecule has 130 valence electrons. The number of nitrogens with zero attached hydrogens (tertiary/aromatic N) is 2. The van der Waals surface area contributed by atoms with Crippen molar-refractivity contribution in [3.8, 4) is 5.75 Å². The lowest BCUT2D eigenvalue weighted by Gasteiger charge is -2.36. The van der Waals surface area contributed by atoms with E-state index in [1.165, 1.54) is 12.1 Å². The van der Waals surface area contributed by atoms with Crippen LogP contribution in [-0.2, 0) is 4.79 Å². The van der Waals surface area contributed by atoms with E-state index in [0.717, 1.165) is 5.56 Å². The Kier molecular flexibility index (Phi) is 5.00. The molecular weight excluding hydrogens is 318 g/mol. The molecule has 0 aromatic heterocycles. The number of amides is 2. The number of carbonyl (C=O) groups is 2. The van der Waals surface area contributed by atoms with E-state index in [2.05, 4.69) is 0 Å². The van der Waals surface area contributed by atoms with Gasteiger partial charge in [-0.15, -0.1) is 0 Å². The van der Waals surface area contributed by atoms with Gasteiger partial charge in [0, 0.05) is 31.7 Å². The number of nitrogens with two attached hydrogens (primary N) is 1. The van der Waals surface area contributed by atoms with Crippen molar-refractivity contribution in [3.63, 3.8) is 0 Å². The standard InChI is InChI=1S/C19H21N3O3/c20-17(14-4-2-1-3-5-14)19(25)22-12-10-21(11-13-22)18(24)15-6-8-16(23)9-7-15/h1-9,17,23H,10-13,20H2. The highest BCUT2D eigenvalue weighted by Crippen LogP contribution is 2.16. The number of benzene rings is 2. The summed E-state index contributed by atoms with van der Waals surface area (Å²) in [6, 6.07) is 14.8. The number of aromatic hydroxyl groups is 1. The predicted octanol–water partition coefficient (Wildman–Crippen LogP) is 1.38. The van der Waals surface area contributed by atoms with Crippen molar-refractivity contribution in [3.05, 3.63) is 65.7 Å². The first kappa shape index (κ1) is 17.0. The highest BCUT2D eigenvalue weighted by molar-refractivity contribution is 5.94. The Bertz CT molecular complexity index is 738. The number of piperazine rings is 1. The van der Waals surface area contributed by atoms with E-state index in [0.29, 0.717) is 31.7 Å². The number of hydrogen-bond donors (Lipinski definition) is 2. The molecule has 3 N–H and O–H groups in total. The number of carbonyl (C=O) groups excluding carboxylic acids is 2. The van der Waals surface area contributed by atoms with Crippen molar-refractivity contribution in [2.45, 2.75) is 6.04 Å². The van der Waals surface area contributed by atoms with Crippen LogP contribution in [0.5, 0.6) is 5.75 Å². The molecule has 1 aliphatic heterocycles. The van der Waals surface area contributed by atoms with Gasteiger partial charge in [0.1, 0.15) is 11.8 Å². The Morgan fingerprint density at radius 2 is 1.44 bits per heavy atom. The van der Waals surface area contributed by atoms with Crippen molar-refractivity contribution in [2.24, 2.45) is 5.73 Å². The van der Waals surface area contributed by atoms with Crippen LogP contribution in [0.3, 0.4) is 0 Å². The van der Waals surface area contributed by atoms with E-state index in [1.807, 2.05) is 30.3 Å². The summed E-state index contributed by atoms with van der Waals surface area (Å²) >= 11 is 0. The summed E-state index contributed by atoms with van der Waals surface area (Å²) in [5.74, 6) is -0.0933. The van der Waals surface area contributed by atoms with Gasteiger partial charge >= 0.3 is 0 Å². The Morgan fingerprint density at radius 3 is 2.04 bits per heavy atom. The van der Waals surface area contributed by atoms with E-state index in [1.54, 1.807) is 21.9 Å². The molecular formula is C19H21N3O3. The fraction of sp³-hybridized carbons (Fsp3) is 0.263. The van der Waals surface area contributed by atoms with Gasteiger partial charge in [0.05, 0.1) is 0 Å². The van der Waals surface area contributed by atoms with E-state index >= 15 is 0 Å². The van der Waals surface area contributed by atoms with Crippen molar-refractivity contribution in [1.29, 1.82) is 0 Å². The van der Waals surface area contributed by atoms with Gasteiger partial charge in [0.15, 0.2) is 0 Å². The fourth-order valence-electron chi connectivity index (χ4n) is 2.92. The lowest BCUT2D eigenvalue weighted by molar-refractivity contribution is -0.134. The van der Waals surface area contributed by atoms with Crippen LogP contribution >= 0.6 is 0 Å². The summed E-state index contributed by atoms with van der Waals surface area (Å²) in [7, 11) is 0. The summed E-state index contributed by atoms with van der Waals surface area (Å²) < 4.78 is 0. The number of rotatable bonds is 3. The normalized spacial score (nSPS) is 15.7. The average molecular weight is 339 g/mol. The van der Waals surface area contributed by atoms with Crippen LogP contribution in [0.1, 0.15) is 22.0 Å². The zero-order valence-electron chi connectivity index (χ0n) is 13.8. The predicted molar refractivity (Wildman–Crippen MR) is 94.0 cm³/mol. The average Bonchev–Trinajstić information content (AvgIpc) is 2.67. The third-order valence-corrected chi connectivity index (χ3v) is 4.42. The zero-order valence-corrected chi connectivity index (χ0v) is 13.8. The molecule has 2 aromatic rings. The van der Waals surface area contributed by atoms with Gasteiger partial charge in [0.2, 0.25) is 5.91 Å². The number of phenols is 1. The van der Waals surface area contributed by atoms with Gasteiger partial charge in [-0.1, -0.05) is 30.3 Å². The van der Waals surface area contributed by atoms with Crippen molar-refractivity contribution in [1.82, 2.24) is 9.80 Å². The lowest BCUT2D eigenvalue weighted by atomic mass is 10.1. The second-order valence-electron chi connectivity index (χ2n) is 6.05. The molecule has 2 amide bonds. The molecule has 1 unspecified atom stereocenters. The molecule has 2 aromatic carbocycles. The first-order valence-electron chi connectivity index (χ1n) is 8.24. The molecule has 1 aliphatic rings. The van der Waals surface area contributed by atoms with E-state index in [9.17, 15) is 14.7 Å². The van der Waals surface area contributed by atoms with E-state index < -0.39 is 6.04 Å². The number of hydrogen-bond acceptors (Lipinski definition) is 4. The van der Waals surface area contributed by atoms with Crippen LogP contribution in [-0.4, -0.2) is 52.9 Å². The maximum absolute atomic E-state index is 12.6. The summed E-state index contributed by atoms with van der Waals surface area (Å²) in [5, 5.41) is 9.31. The largest absolute Gasteiger partial charge is 0.508 e. The number of phenolic OH excluding ortho intramolecular Hbond substituents is 1. The Morgan fingerprint density at radius 1 is 0.880 bits per heavy atom. The molecule has 25 heavy (non-hydrogen) atoms. The summed E-state index contributed by atoms with van der Waals surface area (Å²) in [6.45, 7) is 1.85. The van der Waals surface area contributed by atoms with Crippen molar-refractivity contribution < 1.29 is 14.7 Å². The molecule has 1 saturated heterocycles. The van der Waals surface area contributed by atoms with Gasteiger partial charge in [-0.3, -0.25) is 9.59 Å². The minimum Gasteiger partial charge on any atom is -0.508 e. The third-order valence-electron chi connectivity index (χ3n) is 4.42. The maximum atomic E-state index is 12.6. The molecule has 1 fully saturated rings. The highest BCUT2D eigenvalue weighted by atomic mass is 16.3. The van der Waals surface area contributed by atoms with Gasteiger partial charge < -0.3 is 20.6 Å². The van der Waals surface area contributed by atoms with Gasteiger partial charge in [-0.2, -0.15) is 0 Å². The molecule has 0 spiro atoms. The molecule has 0 radical (unpaired) electrons. The Hall–Kier alpha value is -2.86.